The molecule has 0 saturated carbocycles. The molecule has 1 unspecified atom stereocenters. The summed E-state index contributed by atoms with van der Waals surface area (Å²) in [5.74, 6) is -0.312. The highest BCUT2D eigenvalue weighted by molar-refractivity contribution is 6.18. The molecule has 1 amide bonds. The number of carbonyl (C=O) groups is 1. The first-order valence-corrected chi connectivity index (χ1v) is 6.49. The third kappa shape index (κ3) is 2.98. The lowest BCUT2D eigenvalue weighted by Gasteiger charge is -2.34. The SMILES string of the molecule is COc1cc(C(=O)N2CCOCC2CCl)ccc1F. The van der Waals surface area contributed by atoms with E-state index in [0.29, 0.717) is 31.2 Å². The van der Waals surface area contributed by atoms with Crippen LogP contribution in [-0.2, 0) is 4.74 Å². The Morgan fingerprint density at radius 2 is 2.42 bits per heavy atom. The van der Waals surface area contributed by atoms with Gasteiger partial charge in [-0.25, -0.2) is 4.39 Å². The van der Waals surface area contributed by atoms with E-state index < -0.39 is 5.82 Å². The predicted molar refractivity (Wildman–Crippen MR) is 69.3 cm³/mol. The number of hydrogen-bond donors (Lipinski definition) is 0. The van der Waals surface area contributed by atoms with Crippen LogP contribution in [0.2, 0.25) is 0 Å². The average Bonchev–Trinajstić information content (AvgIpc) is 2.47. The maximum Gasteiger partial charge on any atom is 0.254 e. The molecule has 4 nitrogen and oxygen atoms in total. The zero-order valence-corrected chi connectivity index (χ0v) is 11.3. The van der Waals surface area contributed by atoms with Crippen molar-refractivity contribution in [1.82, 2.24) is 4.90 Å². The van der Waals surface area contributed by atoms with E-state index in [1.807, 2.05) is 0 Å². The number of ether oxygens (including phenoxy) is 2. The highest BCUT2D eigenvalue weighted by atomic mass is 35.5. The number of methoxy groups -OCH3 is 1. The number of hydrogen-bond acceptors (Lipinski definition) is 3. The Labute approximate surface area is 116 Å². The second-order valence-corrected chi connectivity index (χ2v) is 4.54. The topological polar surface area (TPSA) is 38.8 Å². The summed E-state index contributed by atoms with van der Waals surface area (Å²) in [4.78, 5) is 14.0. The third-order valence-corrected chi connectivity index (χ3v) is 3.42. The fraction of sp³-hybridized carbons (Fsp3) is 0.462. The maximum atomic E-state index is 13.3. The molecule has 0 aliphatic carbocycles. The largest absolute Gasteiger partial charge is 0.494 e. The molecule has 19 heavy (non-hydrogen) atoms. The Kier molecular flexibility index (Phi) is 4.61. The molecule has 2 rings (SSSR count). The van der Waals surface area contributed by atoms with Crippen LogP contribution in [0.1, 0.15) is 10.4 Å². The number of nitrogens with zero attached hydrogens (tertiary/aromatic N) is 1. The van der Waals surface area contributed by atoms with E-state index in [-0.39, 0.29) is 17.7 Å². The molecule has 1 aliphatic rings. The molecule has 0 spiro atoms. The molecule has 1 aromatic carbocycles. The smallest absolute Gasteiger partial charge is 0.254 e. The summed E-state index contributed by atoms with van der Waals surface area (Å²) in [6, 6.07) is 3.92. The predicted octanol–water partition coefficient (Wildman–Crippen LogP) is 1.91. The van der Waals surface area contributed by atoms with Gasteiger partial charge in [-0.05, 0) is 18.2 Å². The number of rotatable bonds is 3. The molecule has 0 radical (unpaired) electrons. The Morgan fingerprint density at radius 3 is 3.11 bits per heavy atom. The highest BCUT2D eigenvalue weighted by Gasteiger charge is 2.27. The van der Waals surface area contributed by atoms with E-state index in [1.54, 1.807) is 4.90 Å². The summed E-state index contributed by atoms with van der Waals surface area (Å²) in [5, 5.41) is 0. The average molecular weight is 288 g/mol. The van der Waals surface area contributed by atoms with Gasteiger partial charge in [0.1, 0.15) is 0 Å². The fourth-order valence-corrected chi connectivity index (χ4v) is 2.26. The van der Waals surface area contributed by atoms with E-state index >= 15 is 0 Å². The molecular weight excluding hydrogens is 273 g/mol. The van der Waals surface area contributed by atoms with Crippen LogP contribution >= 0.6 is 11.6 Å². The van der Waals surface area contributed by atoms with Gasteiger partial charge in [-0.2, -0.15) is 0 Å². The van der Waals surface area contributed by atoms with Crippen molar-refractivity contribution in [3.63, 3.8) is 0 Å². The minimum absolute atomic E-state index is 0.0570. The second-order valence-electron chi connectivity index (χ2n) is 4.23. The summed E-state index contributed by atoms with van der Waals surface area (Å²) >= 11 is 5.83. The minimum atomic E-state index is -0.491. The maximum absolute atomic E-state index is 13.3. The van der Waals surface area contributed by atoms with Crippen LogP contribution in [0.3, 0.4) is 0 Å². The van der Waals surface area contributed by atoms with Gasteiger partial charge in [0.25, 0.3) is 5.91 Å². The summed E-state index contributed by atoms with van der Waals surface area (Å²) in [6.45, 7) is 1.39. The van der Waals surface area contributed by atoms with Gasteiger partial charge < -0.3 is 14.4 Å². The van der Waals surface area contributed by atoms with Gasteiger partial charge in [-0.1, -0.05) is 0 Å². The van der Waals surface area contributed by atoms with Crippen molar-refractivity contribution in [1.29, 1.82) is 0 Å². The van der Waals surface area contributed by atoms with Crippen molar-refractivity contribution in [2.24, 2.45) is 0 Å². The van der Waals surface area contributed by atoms with Gasteiger partial charge in [0, 0.05) is 18.0 Å². The van der Waals surface area contributed by atoms with Gasteiger partial charge in [-0.15, -0.1) is 11.6 Å². The quantitative estimate of drug-likeness (QED) is 0.797. The zero-order valence-electron chi connectivity index (χ0n) is 10.6. The van der Waals surface area contributed by atoms with Crippen LogP contribution < -0.4 is 4.74 Å². The molecule has 6 heteroatoms. The van der Waals surface area contributed by atoms with Crippen LogP contribution in [0.15, 0.2) is 18.2 Å². The first-order chi connectivity index (χ1) is 9.17. The lowest BCUT2D eigenvalue weighted by atomic mass is 10.1. The molecule has 1 aliphatic heterocycles. The molecule has 1 fully saturated rings. The number of halogens is 2. The van der Waals surface area contributed by atoms with E-state index in [9.17, 15) is 9.18 Å². The Bertz CT molecular complexity index is 469. The van der Waals surface area contributed by atoms with Crippen LogP contribution in [0, 0.1) is 5.82 Å². The van der Waals surface area contributed by atoms with Crippen molar-refractivity contribution >= 4 is 17.5 Å². The number of alkyl halides is 1. The highest BCUT2D eigenvalue weighted by Crippen LogP contribution is 2.21. The standard InChI is InChI=1S/C13H15ClFNO3/c1-18-12-6-9(2-3-11(12)15)13(17)16-4-5-19-8-10(16)7-14/h2-3,6,10H,4-5,7-8H2,1H3. The number of morpholine rings is 1. The fourth-order valence-electron chi connectivity index (χ4n) is 2.01. The molecule has 0 bridgehead atoms. The monoisotopic (exact) mass is 287 g/mol. The Balaban J connectivity index is 2.22. The summed E-state index contributed by atoms with van der Waals surface area (Å²) in [5.41, 5.74) is 0.385. The Hall–Kier alpha value is -1.33. The van der Waals surface area contributed by atoms with Crippen LogP contribution in [0.25, 0.3) is 0 Å². The minimum Gasteiger partial charge on any atom is -0.494 e. The van der Waals surface area contributed by atoms with Crippen LogP contribution in [-0.4, -0.2) is 49.6 Å². The molecule has 104 valence electrons. The number of carbonyl (C=O) groups excluding carboxylic acids is 1. The first-order valence-electron chi connectivity index (χ1n) is 5.95. The normalized spacial score (nSPS) is 19.3. The van der Waals surface area contributed by atoms with Crippen molar-refractivity contribution in [3.05, 3.63) is 29.6 Å². The van der Waals surface area contributed by atoms with Gasteiger partial charge in [0.15, 0.2) is 11.6 Å². The van der Waals surface area contributed by atoms with E-state index in [2.05, 4.69) is 0 Å². The number of benzene rings is 1. The first kappa shape index (κ1) is 14.1. The molecule has 0 N–H and O–H groups in total. The summed E-state index contributed by atoms with van der Waals surface area (Å²) in [6.07, 6.45) is 0. The lowest BCUT2D eigenvalue weighted by molar-refractivity contribution is 0.00454. The third-order valence-electron chi connectivity index (χ3n) is 3.06. The van der Waals surface area contributed by atoms with Crippen molar-refractivity contribution in [2.45, 2.75) is 6.04 Å². The molecule has 1 saturated heterocycles. The van der Waals surface area contributed by atoms with Gasteiger partial charge >= 0.3 is 0 Å². The summed E-state index contributed by atoms with van der Waals surface area (Å²) < 4.78 is 23.5. The molecule has 0 aromatic heterocycles. The molecular formula is C13H15ClFNO3. The second kappa shape index (κ2) is 6.21. The molecule has 1 heterocycles. The lowest BCUT2D eigenvalue weighted by Crippen LogP contribution is -2.49. The van der Waals surface area contributed by atoms with Gasteiger partial charge in [0.2, 0.25) is 0 Å². The molecule has 1 aromatic rings. The van der Waals surface area contributed by atoms with Crippen LogP contribution in [0.4, 0.5) is 4.39 Å². The van der Waals surface area contributed by atoms with Gasteiger partial charge in [0.05, 0.1) is 26.4 Å². The van der Waals surface area contributed by atoms with Crippen molar-refractivity contribution < 1.29 is 18.7 Å². The zero-order chi connectivity index (χ0) is 13.8. The van der Waals surface area contributed by atoms with Crippen LogP contribution in [0.5, 0.6) is 5.75 Å². The summed E-state index contributed by atoms with van der Waals surface area (Å²) in [7, 11) is 1.36. The Morgan fingerprint density at radius 1 is 1.63 bits per heavy atom. The molecule has 1 atom stereocenters. The van der Waals surface area contributed by atoms with Gasteiger partial charge in [-0.3, -0.25) is 4.79 Å². The number of amides is 1. The van der Waals surface area contributed by atoms with Crippen molar-refractivity contribution in [3.8, 4) is 5.75 Å². The van der Waals surface area contributed by atoms with E-state index in [0.717, 1.165) is 0 Å². The van der Waals surface area contributed by atoms with E-state index in [4.69, 9.17) is 21.1 Å². The van der Waals surface area contributed by atoms with Crippen molar-refractivity contribution in [2.75, 3.05) is 32.7 Å². The van der Waals surface area contributed by atoms with E-state index in [1.165, 1.54) is 25.3 Å².